The molecule has 0 aliphatic carbocycles. The number of nitrogens with zero attached hydrogens (tertiary/aromatic N) is 1. The van der Waals surface area contributed by atoms with Crippen LogP contribution >= 0.6 is 0 Å². The Balaban J connectivity index is 2.82. The number of aliphatic carboxylic acids is 1. The second kappa shape index (κ2) is 6.34. The van der Waals surface area contributed by atoms with Crippen molar-refractivity contribution in [2.45, 2.75) is 33.2 Å². The zero-order valence-electron chi connectivity index (χ0n) is 12.1. The Morgan fingerprint density at radius 3 is 2.19 bits per heavy atom. The van der Waals surface area contributed by atoms with Gasteiger partial charge < -0.3 is 10.4 Å². The molecular weight excluding hydrogens is 276 g/mol. The lowest BCUT2D eigenvalue weighted by molar-refractivity contribution is -0.384. The van der Waals surface area contributed by atoms with Gasteiger partial charge in [-0.05, 0) is 24.0 Å². The molecule has 0 aromatic heterocycles. The number of carbonyl (C=O) groups excluding carboxylic acids is 1. The van der Waals surface area contributed by atoms with E-state index in [4.69, 9.17) is 5.11 Å². The number of amides is 1. The van der Waals surface area contributed by atoms with Crippen LogP contribution in [0.2, 0.25) is 0 Å². The van der Waals surface area contributed by atoms with Gasteiger partial charge in [-0.3, -0.25) is 14.9 Å². The monoisotopic (exact) mass is 294 g/mol. The number of hydrogen-bond donors (Lipinski definition) is 2. The average Bonchev–Trinajstić information content (AvgIpc) is 2.36. The minimum Gasteiger partial charge on any atom is -0.480 e. The molecule has 1 atom stereocenters. The van der Waals surface area contributed by atoms with Gasteiger partial charge in [0.25, 0.3) is 11.6 Å². The number of carboxylic acid groups (broad SMARTS) is 1. The molecular formula is C14H18N2O5. The molecule has 1 aromatic rings. The Morgan fingerprint density at radius 2 is 1.81 bits per heavy atom. The summed E-state index contributed by atoms with van der Waals surface area (Å²) in [4.78, 5) is 33.1. The summed E-state index contributed by atoms with van der Waals surface area (Å²) in [5.74, 6) is -1.68. The van der Waals surface area contributed by atoms with E-state index in [9.17, 15) is 19.7 Å². The van der Waals surface area contributed by atoms with Crippen molar-refractivity contribution in [3.8, 4) is 0 Å². The molecule has 0 aliphatic rings. The van der Waals surface area contributed by atoms with Crippen LogP contribution in [-0.4, -0.2) is 27.9 Å². The fraction of sp³-hybridized carbons (Fsp3) is 0.429. The standard InChI is InChI=1S/C14H18N2O5/c1-14(2,3)8-11(13(18)19)15-12(17)9-4-6-10(7-5-9)16(20)21/h4-7,11H,8H2,1-3H3,(H,15,17)(H,18,19)/t11-/m0/s1. The Bertz CT molecular complexity index is 545. The van der Waals surface area contributed by atoms with Crippen LogP contribution in [0.15, 0.2) is 24.3 Å². The van der Waals surface area contributed by atoms with Gasteiger partial charge in [0.2, 0.25) is 0 Å². The van der Waals surface area contributed by atoms with Crippen LogP contribution in [0.4, 0.5) is 5.69 Å². The van der Waals surface area contributed by atoms with E-state index in [0.717, 1.165) is 0 Å². The number of rotatable bonds is 5. The Morgan fingerprint density at radius 1 is 1.29 bits per heavy atom. The van der Waals surface area contributed by atoms with Gasteiger partial charge >= 0.3 is 5.97 Å². The van der Waals surface area contributed by atoms with Crippen molar-refractivity contribution in [2.75, 3.05) is 0 Å². The van der Waals surface area contributed by atoms with Crippen LogP contribution < -0.4 is 5.32 Å². The van der Waals surface area contributed by atoms with Gasteiger partial charge in [-0.2, -0.15) is 0 Å². The van der Waals surface area contributed by atoms with Gasteiger partial charge in [-0.25, -0.2) is 4.79 Å². The first kappa shape index (κ1) is 16.6. The lowest BCUT2D eigenvalue weighted by Crippen LogP contribution is -2.43. The molecule has 21 heavy (non-hydrogen) atoms. The number of hydrogen-bond acceptors (Lipinski definition) is 4. The highest BCUT2D eigenvalue weighted by atomic mass is 16.6. The molecule has 0 heterocycles. The topological polar surface area (TPSA) is 110 Å². The third-order valence-corrected chi connectivity index (χ3v) is 2.76. The van der Waals surface area contributed by atoms with Crippen LogP contribution in [0.25, 0.3) is 0 Å². The normalized spacial score (nSPS) is 12.5. The van der Waals surface area contributed by atoms with E-state index in [1.54, 1.807) is 0 Å². The highest BCUT2D eigenvalue weighted by molar-refractivity contribution is 5.96. The molecule has 0 saturated carbocycles. The van der Waals surface area contributed by atoms with Gasteiger partial charge in [0.05, 0.1) is 4.92 Å². The third-order valence-electron chi connectivity index (χ3n) is 2.76. The van der Waals surface area contributed by atoms with Crippen LogP contribution in [0.5, 0.6) is 0 Å². The summed E-state index contributed by atoms with van der Waals surface area (Å²) in [5, 5.41) is 22.1. The SMILES string of the molecule is CC(C)(C)C[C@H](NC(=O)c1ccc([N+](=O)[O-])cc1)C(=O)O. The van der Waals surface area contributed by atoms with Crippen LogP contribution in [-0.2, 0) is 4.79 Å². The molecule has 0 saturated heterocycles. The van der Waals surface area contributed by atoms with Crippen molar-refractivity contribution in [2.24, 2.45) is 5.41 Å². The molecule has 114 valence electrons. The molecule has 1 amide bonds. The molecule has 1 aromatic carbocycles. The molecule has 0 spiro atoms. The van der Waals surface area contributed by atoms with E-state index >= 15 is 0 Å². The van der Waals surface area contributed by atoms with E-state index in [1.807, 2.05) is 20.8 Å². The second-order valence-electron chi connectivity index (χ2n) is 5.93. The van der Waals surface area contributed by atoms with Crippen molar-refractivity contribution < 1.29 is 19.6 Å². The van der Waals surface area contributed by atoms with Gasteiger partial charge in [0.1, 0.15) is 6.04 Å². The number of nitro groups is 1. The van der Waals surface area contributed by atoms with Crippen LogP contribution in [0.1, 0.15) is 37.6 Å². The van der Waals surface area contributed by atoms with Crippen molar-refractivity contribution in [1.29, 1.82) is 0 Å². The van der Waals surface area contributed by atoms with E-state index in [-0.39, 0.29) is 23.1 Å². The van der Waals surface area contributed by atoms with Crippen molar-refractivity contribution in [1.82, 2.24) is 5.32 Å². The second-order valence-corrected chi connectivity index (χ2v) is 5.93. The van der Waals surface area contributed by atoms with Crippen molar-refractivity contribution >= 4 is 17.6 Å². The fourth-order valence-corrected chi connectivity index (χ4v) is 1.79. The van der Waals surface area contributed by atoms with Crippen LogP contribution in [0, 0.1) is 15.5 Å². The van der Waals surface area contributed by atoms with E-state index < -0.39 is 22.8 Å². The molecule has 0 radical (unpaired) electrons. The molecule has 7 heteroatoms. The van der Waals surface area contributed by atoms with Gasteiger partial charge in [0, 0.05) is 17.7 Å². The molecule has 0 aliphatic heterocycles. The fourth-order valence-electron chi connectivity index (χ4n) is 1.79. The van der Waals surface area contributed by atoms with Gasteiger partial charge in [-0.1, -0.05) is 20.8 Å². The Hall–Kier alpha value is -2.44. The third kappa shape index (κ3) is 5.21. The Labute approximate surface area is 122 Å². The molecule has 1 rings (SSSR count). The molecule has 0 bridgehead atoms. The predicted octanol–water partition coefficient (Wildman–Crippen LogP) is 2.21. The highest BCUT2D eigenvalue weighted by Gasteiger charge is 2.26. The van der Waals surface area contributed by atoms with E-state index in [2.05, 4.69) is 5.32 Å². The quantitative estimate of drug-likeness (QED) is 0.639. The average molecular weight is 294 g/mol. The highest BCUT2D eigenvalue weighted by Crippen LogP contribution is 2.21. The van der Waals surface area contributed by atoms with E-state index in [1.165, 1.54) is 24.3 Å². The maximum absolute atomic E-state index is 12.0. The summed E-state index contributed by atoms with van der Waals surface area (Å²) < 4.78 is 0. The number of nitrogens with one attached hydrogen (secondary N) is 1. The maximum atomic E-state index is 12.0. The van der Waals surface area contributed by atoms with Crippen LogP contribution in [0.3, 0.4) is 0 Å². The lowest BCUT2D eigenvalue weighted by Gasteiger charge is -2.23. The first-order valence-electron chi connectivity index (χ1n) is 6.38. The number of carbonyl (C=O) groups is 2. The first-order chi connectivity index (χ1) is 9.60. The smallest absolute Gasteiger partial charge is 0.326 e. The zero-order valence-corrected chi connectivity index (χ0v) is 12.1. The summed E-state index contributed by atoms with van der Waals surface area (Å²) in [6.45, 7) is 5.63. The minimum absolute atomic E-state index is 0.129. The number of carboxylic acids is 1. The van der Waals surface area contributed by atoms with Crippen molar-refractivity contribution in [3.05, 3.63) is 39.9 Å². The molecule has 0 fully saturated rings. The largest absolute Gasteiger partial charge is 0.480 e. The number of non-ortho nitro benzene ring substituents is 1. The number of nitro benzene ring substituents is 1. The summed E-state index contributed by atoms with van der Waals surface area (Å²) in [7, 11) is 0. The maximum Gasteiger partial charge on any atom is 0.326 e. The van der Waals surface area contributed by atoms with Gasteiger partial charge in [-0.15, -0.1) is 0 Å². The molecule has 0 unspecified atom stereocenters. The van der Waals surface area contributed by atoms with Crippen molar-refractivity contribution in [3.63, 3.8) is 0 Å². The zero-order chi connectivity index (χ0) is 16.2. The summed E-state index contributed by atoms with van der Waals surface area (Å²) in [5.41, 5.74) is -0.206. The number of benzene rings is 1. The summed E-state index contributed by atoms with van der Waals surface area (Å²) in [6.07, 6.45) is 0.279. The lowest BCUT2D eigenvalue weighted by atomic mass is 9.88. The van der Waals surface area contributed by atoms with E-state index in [0.29, 0.717) is 0 Å². The predicted molar refractivity (Wildman–Crippen MR) is 76.1 cm³/mol. The summed E-state index contributed by atoms with van der Waals surface area (Å²) in [6, 6.07) is 3.99. The minimum atomic E-state index is -1.11. The first-order valence-corrected chi connectivity index (χ1v) is 6.38. The Kier molecular flexibility index (Phi) is 5.02. The molecule has 2 N–H and O–H groups in total. The van der Waals surface area contributed by atoms with Gasteiger partial charge in [0.15, 0.2) is 0 Å². The summed E-state index contributed by atoms with van der Waals surface area (Å²) >= 11 is 0. The molecule has 7 nitrogen and oxygen atoms in total.